The van der Waals surface area contributed by atoms with Crippen molar-refractivity contribution >= 4 is 0 Å². The molecular weight excluding hydrogens is 204 g/mol. The average molecular weight is 232 g/mol. The first-order chi connectivity index (χ1) is 7.52. The van der Waals surface area contributed by atoms with Gasteiger partial charge in [-0.05, 0) is 26.8 Å². The van der Waals surface area contributed by atoms with Crippen molar-refractivity contribution in [2.75, 3.05) is 40.5 Å². The Morgan fingerprint density at radius 1 is 1.25 bits per heavy atom. The van der Waals surface area contributed by atoms with Crippen molar-refractivity contribution < 1.29 is 9.47 Å². The SMILES string of the molecule is COCC(C)C(CN)N(C)CCOC(C)C. The fourth-order valence-corrected chi connectivity index (χ4v) is 1.82. The number of ether oxygens (including phenoxy) is 2. The number of hydrogen-bond acceptors (Lipinski definition) is 4. The van der Waals surface area contributed by atoms with E-state index in [1.165, 1.54) is 0 Å². The molecule has 16 heavy (non-hydrogen) atoms. The van der Waals surface area contributed by atoms with Crippen LogP contribution in [0.25, 0.3) is 0 Å². The fraction of sp³-hybridized carbons (Fsp3) is 1.00. The van der Waals surface area contributed by atoms with E-state index >= 15 is 0 Å². The first-order valence-electron chi connectivity index (χ1n) is 6.03. The molecule has 0 fully saturated rings. The first-order valence-corrected chi connectivity index (χ1v) is 6.03. The molecule has 0 heterocycles. The maximum atomic E-state index is 5.80. The van der Waals surface area contributed by atoms with Crippen LogP contribution in [0.1, 0.15) is 20.8 Å². The fourth-order valence-electron chi connectivity index (χ4n) is 1.82. The van der Waals surface area contributed by atoms with Gasteiger partial charge in [0.25, 0.3) is 0 Å². The lowest BCUT2D eigenvalue weighted by Gasteiger charge is -2.31. The van der Waals surface area contributed by atoms with E-state index in [1.54, 1.807) is 7.11 Å². The number of likely N-dealkylation sites (N-methyl/N-ethyl adjacent to an activating group) is 1. The molecule has 0 saturated heterocycles. The lowest BCUT2D eigenvalue weighted by Crippen LogP contribution is -2.45. The van der Waals surface area contributed by atoms with Crippen LogP contribution < -0.4 is 5.73 Å². The lowest BCUT2D eigenvalue weighted by atomic mass is 10.0. The Bertz CT molecular complexity index is 165. The smallest absolute Gasteiger partial charge is 0.0596 e. The number of nitrogens with two attached hydrogens (primary N) is 1. The monoisotopic (exact) mass is 232 g/mol. The molecule has 0 bridgehead atoms. The van der Waals surface area contributed by atoms with Gasteiger partial charge in [-0.3, -0.25) is 4.90 Å². The minimum Gasteiger partial charge on any atom is -0.384 e. The lowest BCUT2D eigenvalue weighted by molar-refractivity contribution is 0.0413. The highest BCUT2D eigenvalue weighted by atomic mass is 16.5. The summed E-state index contributed by atoms with van der Waals surface area (Å²) in [6.07, 6.45) is 0.293. The normalized spacial score (nSPS) is 15.8. The summed E-state index contributed by atoms with van der Waals surface area (Å²) in [4.78, 5) is 2.26. The van der Waals surface area contributed by atoms with Gasteiger partial charge in [0.2, 0.25) is 0 Å². The van der Waals surface area contributed by atoms with Gasteiger partial charge in [0, 0.05) is 26.2 Å². The number of hydrogen-bond donors (Lipinski definition) is 1. The van der Waals surface area contributed by atoms with Crippen molar-refractivity contribution in [3.05, 3.63) is 0 Å². The zero-order valence-corrected chi connectivity index (χ0v) is 11.4. The quantitative estimate of drug-likeness (QED) is 0.643. The molecule has 2 unspecified atom stereocenters. The van der Waals surface area contributed by atoms with Crippen molar-refractivity contribution in [1.82, 2.24) is 4.90 Å². The minimum atomic E-state index is 0.293. The summed E-state index contributed by atoms with van der Waals surface area (Å²) in [6, 6.07) is 0.357. The van der Waals surface area contributed by atoms with E-state index in [1.807, 2.05) is 13.8 Å². The summed E-state index contributed by atoms with van der Waals surface area (Å²) in [6.45, 7) is 9.33. The van der Waals surface area contributed by atoms with E-state index in [9.17, 15) is 0 Å². The molecule has 0 aromatic rings. The molecule has 0 aliphatic heterocycles. The van der Waals surface area contributed by atoms with Crippen molar-refractivity contribution in [1.29, 1.82) is 0 Å². The predicted molar refractivity (Wildman–Crippen MR) is 67.6 cm³/mol. The van der Waals surface area contributed by atoms with Crippen LogP contribution in [0.5, 0.6) is 0 Å². The predicted octanol–water partition coefficient (Wildman–Crippen LogP) is 0.953. The topological polar surface area (TPSA) is 47.7 Å². The van der Waals surface area contributed by atoms with Gasteiger partial charge in [0.05, 0.1) is 19.3 Å². The van der Waals surface area contributed by atoms with Crippen LogP contribution in [0.4, 0.5) is 0 Å². The zero-order valence-electron chi connectivity index (χ0n) is 11.4. The summed E-state index contributed by atoms with van der Waals surface area (Å²) in [7, 11) is 3.82. The van der Waals surface area contributed by atoms with E-state index in [4.69, 9.17) is 15.2 Å². The highest BCUT2D eigenvalue weighted by molar-refractivity contribution is 4.75. The van der Waals surface area contributed by atoms with E-state index in [0.29, 0.717) is 24.6 Å². The largest absolute Gasteiger partial charge is 0.384 e. The van der Waals surface area contributed by atoms with Crippen molar-refractivity contribution in [3.8, 4) is 0 Å². The molecule has 0 aliphatic carbocycles. The molecule has 2 N–H and O–H groups in total. The molecule has 98 valence electrons. The van der Waals surface area contributed by atoms with Gasteiger partial charge < -0.3 is 15.2 Å². The third-order valence-electron chi connectivity index (χ3n) is 2.79. The maximum absolute atomic E-state index is 5.80. The second-order valence-electron chi connectivity index (χ2n) is 4.64. The molecule has 0 aromatic heterocycles. The number of rotatable bonds is 9. The first kappa shape index (κ1) is 15.8. The Morgan fingerprint density at radius 2 is 1.88 bits per heavy atom. The summed E-state index contributed by atoms with van der Waals surface area (Å²) < 4.78 is 10.7. The Labute approximate surface area is 100 Å². The highest BCUT2D eigenvalue weighted by Gasteiger charge is 2.20. The van der Waals surface area contributed by atoms with Crippen LogP contribution in [0.3, 0.4) is 0 Å². The molecule has 4 nitrogen and oxygen atoms in total. The third-order valence-corrected chi connectivity index (χ3v) is 2.79. The zero-order chi connectivity index (χ0) is 12.6. The molecule has 0 spiro atoms. The summed E-state index contributed by atoms with van der Waals surface area (Å²) in [5, 5.41) is 0. The molecule has 0 rings (SSSR count). The molecule has 4 heteroatoms. The third kappa shape index (κ3) is 6.43. The van der Waals surface area contributed by atoms with Gasteiger partial charge in [-0.1, -0.05) is 6.92 Å². The van der Waals surface area contributed by atoms with Gasteiger partial charge in [-0.15, -0.1) is 0 Å². The van der Waals surface area contributed by atoms with E-state index in [2.05, 4.69) is 18.9 Å². The molecule has 2 atom stereocenters. The van der Waals surface area contributed by atoms with E-state index in [-0.39, 0.29) is 0 Å². The van der Waals surface area contributed by atoms with Crippen molar-refractivity contribution in [2.24, 2.45) is 11.7 Å². The summed E-state index contributed by atoms with van der Waals surface area (Å²) in [5.41, 5.74) is 5.80. The van der Waals surface area contributed by atoms with Crippen LogP contribution in [0, 0.1) is 5.92 Å². The summed E-state index contributed by atoms with van der Waals surface area (Å²) >= 11 is 0. The second-order valence-corrected chi connectivity index (χ2v) is 4.64. The van der Waals surface area contributed by atoms with Crippen LogP contribution >= 0.6 is 0 Å². The Hall–Kier alpha value is -0.160. The van der Waals surface area contributed by atoms with E-state index in [0.717, 1.165) is 19.8 Å². The van der Waals surface area contributed by atoms with Crippen LogP contribution in [-0.2, 0) is 9.47 Å². The maximum Gasteiger partial charge on any atom is 0.0596 e. The molecule has 0 aromatic carbocycles. The minimum absolute atomic E-state index is 0.293. The van der Waals surface area contributed by atoms with Crippen LogP contribution in [0.15, 0.2) is 0 Å². The highest BCUT2D eigenvalue weighted by Crippen LogP contribution is 2.09. The molecule has 0 saturated carbocycles. The number of methoxy groups -OCH3 is 1. The summed E-state index contributed by atoms with van der Waals surface area (Å²) in [5.74, 6) is 0.444. The van der Waals surface area contributed by atoms with Gasteiger partial charge in [-0.2, -0.15) is 0 Å². The standard InChI is InChI=1S/C12H28N2O2/c1-10(2)16-7-6-14(4)12(8-13)11(3)9-15-5/h10-12H,6-9,13H2,1-5H3. The molecule has 0 aliphatic rings. The molecule has 0 radical (unpaired) electrons. The van der Waals surface area contributed by atoms with Crippen molar-refractivity contribution in [2.45, 2.75) is 32.9 Å². The Morgan fingerprint density at radius 3 is 2.31 bits per heavy atom. The second kappa shape index (κ2) is 8.93. The van der Waals surface area contributed by atoms with Crippen LogP contribution in [-0.4, -0.2) is 57.5 Å². The van der Waals surface area contributed by atoms with Gasteiger partial charge in [0.1, 0.15) is 0 Å². The average Bonchev–Trinajstić information content (AvgIpc) is 2.18. The van der Waals surface area contributed by atoms with E-state index < -0.39 is 0 Å². The molecular formula is C12H28N2O2. The van der Waals surface area contributed by atoms with Gasteiger partial charge >= 0.3 is 0 Å². The number of nitrogens with zero attached hydrogens (tertiary/aromatic N) is 1. The van der Waals surface area contributed by atoms with Crippen molar-refractivity contribution in [3.63, 3.8) is 0 Å². The molecule has 0 amide bonds. The van der Waals surface area contributed by atoms with Crippen LogP contribution in [0.2, 0.25) is 0 Å². The Balaban J connectivity index is 3.94. The Kier molecular flexibility index (Phi) is 8.84. The van der Waals surface area contributed by atoms with Gasteiger partial charge in [-0.25, -0.2) is 0 Å². The van der Waals surface area contributed by atoms with Gasteiger partial charge in [0.15, 0.2) is 0 Å².